The Kier molecular flexibility index (Phi) is 7.98. The molecular weight excluding hydrogens is 397 g/mol. The van der Waals surface area contributed by atoms with Crippen LogP contribution in [0.2, 0.25) is 0 Å². The summed E-state index contributed by atoms with van der Waals surface area (Å²) in [5.74, 6) is -0.448. The zero-order valence-electron chi connectivity index (χ0n) is 16.8. The van der Waals surface area contributed by atoms with Crippen LogP contribution < -0.4 is 14.4 Å². The summed E-state index contributed by atoms with van der Waals surface area (Å²) in [4.78, 5) is 12.3. The van der Waals surface area contributed by atoms with Crippen molar-refractivity contribution in [2.24, 2.45) is 0 Å². The van der Waals surface area contributed by atoms with Crippen molar-refractivity contribution in [1.29, 1.82) is 0 Å². The number of halogens is 1. The molecule has 0 fully saturated rings. The molecule has 0 bridgehead atoms. The lowest BCUT2D eigenvalue weighted by atomic mass is 10.1. The highest BCUT2D eigenvalue weighted by Gasteiger charge is 2.29. The van der Waals surface area contributed by atoms with E-state index in [0.29, 0.717) is 13.0 Å². The second-order valence-corrected chi connectivity index (χ2v) is 8.62. The molecule has 0 aromatic heterocycles. The van der Waals surface area contributed by atoms with Crippen LogP contribution in [0.25, 0.3) is 0 Å². The minimum absolute atomic E-state index is 0.172. The summed E-state index contributed by atoms with van der Waals surface area (Å²) in [7, 11) is 0.226. The Morgan fingerprint density at radius 3 is 2.34 bits per heavy atom. The molecule has 7 nitrogen and oxygen atoms in total. The third-order valence-corrected chi connectivity index (χ3v) is 6.08. The van der Waals surface area contributed by atoms with E-state index in [0.717, 1.165) is 32.4 Å². The van der Waals surface area contributed by atoms with Crippen LogP contribution in [0.1, 0.15) is 12.0 Å². The molecule has 9 heteroatoms. The van der Waals surface area contributed by atoms with Gasteiger partial charge in [-0.3, -0.25) is 4.79 Å². The summed E-state index contributed by atoms with van der Waals surface area (Å²) < 4.78 is 46.1. The monoisotopic (exact) mass is 423 g/mol. The third-order valence-electron chi connectivity index (χ3n) is 4.27. The van der Waals surface area contributed by atoms with E-state index in [2.05, 4.69) is 5.32 Å². The molecule has 2 rings (SSSR count). The Morgan fingerprint density at radius 1 is 1.10 bits per heavy atom. The highest BCUT2D eigenvalue weighted by molar-refractivity contribution is 7.90. The molecule has 2 aromatic rings. The number of aryl methyl sites for hydroxylation is 1. The molecule has 0 radical (unpaired) electrons. The van der Waals surface area contributed by atoms with E-state index >= 15 is 0 Å². The van der Waals surface area contributed by atoms with Gasteiger partial charge in [-0.2, -0.15) is 12.7 Å². The van der Waals surface area contributed by atoms with E-state index in [1.807, 2.05) is 24.3 Å². The summed E-state index contributed by atoms with van der Waals surface area (Å²) >= 11 is 0. The summed E-state index contributed by atoms with van der Waals surface area (Å²) in [6.07, 6.45) is 1.43. The van der Waals surface area contributed by atoms with Crippen molar-refractivity contribution < 1.29 is 22.3 Å². The van der Waals surface area contributed by atoms with Crippen LogP contribution in [0, 0.1) is 5.82 Å². The summed E-state index contributed by atoms with van der Waals surface area (Å²) in [5.41, 5.74) is 0.929. The van der Waals surface area contributed by atoms with Gasteiger partial charge in [0.1, 0.15) is 18.1 Å². The number of hydrogen-bond donors (Lipinski definition) is 1. The van der Waals surface area contributed by atoms with Crippen molar-refractivity contribution in [3.05, 3.63) is 59.9 Å². The van der Waals surface area contributed by atoms with Gasteiger partial charge >= 0.3 is 10.2 Å². The smallest absolute Gasteiger partial charge is 0.304 e. The minimum Gasteiger partial charge on any atom is -0.497 e. The zero-order chi connectivity index (χ0) is 21.4. The molecule has 0 saturated carbocycles. The van der Waals surface area contributed by atoms with Gasteiger partial charge in [0.25, 0.3) is 0 Å². The van der Waals surface area contributed by atoms with Gasteiger partial charge in [-0.1, -0.05) is 24.3 Å². The summed E-state index contributed by atoms with van der Waals surface area (Å²) in [5, 5.41) is 2.70. The first-order valence-corrected chi connectivity index (χ1v) is 10.5. The van der Waals surface area contributed by atoms with Crippen LogP contribution >= 0.6 is 0 Å². The number of carbonyl (C=O) groups excluding carboxylic acids is 1. The normalized spacial score (nSPS) is 11.3. The Hall–Kier alpha value is -2.65. The molecule has 0 aliphatic rings. The topological polar surface area (TPSA) is 79.0 Å². The van der Waals surface area contributed by atoms with Gasteiger partial charge < -0.3 is 10.1 Å². The van der Waals surface area contributed by atoms with Gasteiger partial charge in [0, 0.05) is 20.6 Å². The van der Waals surface area contributed by atoms with Crippen LogP contribution in [0.3, 0.4) is 0 Å². The summed E-state index contributed by atoms with van der Waals surface area (Å²) in [6.45, 7) is -0.137. The molecule has 0 heterocycles. The minimum atomic E-state index is -4.04. The molecule has 0 spiro atoms. The number of nitrogens with one attached hydrogen (secondary N) is 1. The van der Waals surface area contributed by atoms with Crippen molar-refractivity contribution in [1.82, 2.24) is 9.62 Å². The van der Waals surface area contributed by atoms with Gasteiger partial charge in [0.15, 0.2) is 0 Å². The van der Waals surface area contributed by atoms with Crippen LogP contribution in [0.15, 0.2) is 48.5 Å². The Bertz CT molecular complexity index is 918. The largest absolute Gasteiger partial charge is 0.497 e. The number of hydrogen-bond acceptors (Lipinski definition) is 4. The van der Waals surface area contributed by atoms with E-state index in [9.17, 15) is 17.6 Å². The molecule has 158 valence electrons. The number of methoxy groups -OCH3 is 1. The van der Waals surface area contributed by atoms with E-state index in [1.165, 1.54) is 32.3 Å². The van der Waals surface area contributed by atoms with Crippen molar-refractivity contribution in [3.63, 3.8) is 0 Å². The average molecular weight is 424 g/mol. The number of anilines is 1. The maximum absolute atomic E-state index is 14.2. The van der Waals surface area contributed by atoms with Gasteiger partial charge in [0.2, 0.25) is 5.91 Å². The third kappa shape index (κ3) is 6.16. The molecule has 1 N–H and O–H groups in total. The second kappa shape index (κ2) is 10.2. The number of rotatable bonds is 10. The molecule has 29 heavy (non-hydrogen) atoms. The number of para-hydroxylation sites is 1. The Labute approximate surface area is 171 Å². The van der Waals surface area contributed by atoms with Crippen molar-refractivity contribution in [2.75, 3.05) is 38.6 Å². The van der Waals surface area contributed by atoms with E-state index in [-0.39, 0.29) is 5.69 Å². The van der Waals surface area contributed by atoms with Crippen molar-refractivity contribution >= 4 is 21.8 Å². The van der Waals surface area contributed by atoms with Gasteiger partial charge in [0.05, 0.1) is 12.8 Å². The van der Waals surface area contributed by atoms with Gasteiger partial charge in [-0.15, -0.1) is 0 Å². The number of nitrogens with zero attached hydrogens (tertiary/aromatic N) is 2. The first-order chi connectivity index (χ1) is 13.8. The number of benzene rings is 2. The SMILES string of the molecule is COc1ccc(CCCNC(=O)CN(c2ccccc2F)S(=O)(=O)N(C)C)cc1. The highest BCUT2D eigenvalue weighted by Crippen LogP contribution is 2.22. The van der Waals surface area contributed by atoms with Crippen LogP contribution in [0.4, 0.5) is 10.1 Å². The molecule has 0 aliphatic heterocycles. The van der Waals surface area contributed by atoms with Crippen LogP contribution in [-0.2, 0) is 21.4 Å². The van der Waals surface area contributed by atoms with Crippen LogP contribution in [0.5, 0.6) is 5.75 Å². The predicted molar refractivity (Wildman–Crippen MR) is 111 cm³/mol. The average Bonchev–Trinajstić information content (AvgIpc) is 2.70. The van der Waals surface area contributed by atoms with E-state index < -0.39 is 28.5 Å². The first kappa shape index (κ1) is 22.6. The number of amides is 1. The fourth-order valence-electron chi connectivity index (χ4n) is 2.64. The van der Waals surface area contributed by atoms with E-state index in [1.54, 1.807) is 7.11 Å². The van der Waals surface area contributed by atoms with Crippen LogP contribution in [-0.4, -0.2) is 52.9 Å². The van der Waals surface area contributed by atoms with E-state index in [4.69, 9.17) is 4.74 Å². The first-order valence-electron chi connectivity index (χ1n) is 9.10. The highest BCUT2D eigenvalue weighted by atomic mass is 32.2. The van der Waals surface area contributed by atoms with Crippen molar-refractivity contribution in [3.8, 4) is 5.75 Å². The lowest BCUT2D eigenvalue weighted by Crippen LogP contribution is -2.46. The summed E-state index contributed by atoms with van der Waals surface area (Å²) in [6, 6.07) is 13.1. The fourth-order valence-corrected chi connectivity index (χ4v) is 3.71. The lowest BCUT2D eigenvalue weighted by Gasteiger charge is -2.27. The van der Waals surface area contributed by atoms with Gasteiger partial charge in [-0.25, -0.2) is 8.70 Å². The standard InChI is InChI=1S/C20H26FN3O4S/c1-23(2)29(26,27)24(19-9-5-4-8-18(19)21)15-20(25)22-14-6-7-16-10-12-17(28-3)13-11-16/h4-5,8-13H,6-7,14-15H2,1-3H3,(H,22,25). The number of carbonyl (C=O) groups is 1. The van der Waals surface area contributed by atoms with Gasteiger partial charge in [-0.05, 0) is 42.7 Å². The second-order valence-electron chi connectivity index (χ2n) is 6.55. The molecule has 0 unspecified atom stereocenters. The predicted octanol–water partition coefficient (Wildman–Crippen LogP) is 2.20. The number of ether oxygens (including phenoxy) is 1. The Balaban J connectivity index is 1.96. The molecule has 0 aliphatic carbocycles. The molecule has 0 saturated heterocycles. The zero-order valence-corrected chi connectivity index (χ0v) is 17.6. The quantitative estimate of drug-likeness (QED) is 0.594. The lowest BCUT2D eigenvalue weighted by molar-refractivity contribution is -0.119. The fraction of sp³-hybridized carbons (Fsp3) is 0.350. The van der Waals surface area contributed by atoms with Crippen molar-refractivity contribution in [2.45, 2.75) is 12.8 Å². The Morgan fingerprint density at radius 2 is 1.76 bits per heavy atom. The molecule has 2 aromatic carbocycles. The molecule has 0 atom stereocenters. The molecular formula is C20H26FN3O4S. The maximum Gasteiger partial charge on any atom is 0.304 e. The molecule has 1 amide bonds. The maximum atomic E-state index is 14.2.